The zero-order valence-corrected chi connectivity index (χ0v) is 13.3. The molecule has 0 aliphatic rings. The van der Waals surface area contributed by atoms with Gasteiger partial charge in [0.05, 0.1) is 17.5 Å². The molecule has 0 fully saturated rings. The molecule has 5 nitrogen and oxygen atoms in total. The van der Waals surface area contributed by atoms with Crippen LogP contribution in [-0.2, 0) is 13.2 Å². The third kappa shape index (κ3) is 2.61. The molecule has 0 aliphatic carbocycles. The van der Waals surface area contributed by atoms with Crippen LogP contribution in [0.4, 0.5) is 17.6 Å². The number of rotatable bonds is 2. The van der Waals surface area contributed by atoms with Gasteiger partial charge in [-0.2, -0.15) is 18.3 Å². The summed E-state index contributed by atoms with van der Waals surface area (Å²) in [4.78, 5) is 10.5. The van der Waals surface area contributed by atoms with E-state index in [4.69, 9.17) is 0 Å². The lowest BCUT2D eigenvalue weighted by molar-refractivity contribution is -0.136. The summed E-state index contributed by atoms with van der Waals surface area (Å²) in [7, 11) is 1.65. The average molecular weight is 361 g/mol. The van der Waals surface area contributed by atoms with Gasteiger partial charge in [-0.05, 0) is 23.8 Å². The van der Waals surface area contributed by atoms with E-state index in [9.17, 15) is 17.6 Å². The molecule has 0 saturated carbocycles. The van der Waals surface area contributed by atoms with Crippen LogP contribution in [0, 0.1) is 5.82 Å². The van der Waals surface area contributed by atoms with Crippen molar-refractivity contribution in [3.05, 3.63) is 54.4 Å². The molecule has 0 unspecified atom stereocenters. The first-order valence-electron chi connectivity index (χ1n) is 7.54. The fraction of sp³-hybridized carbons (Fsp3) is 0.118. The van der Waals surface area contributed by atoms with E-state index >= 15 is 0 Å². The van der Waals surface area contributed by atoms with E-state index in [1.54, 1.807) is 13.2 Å². The van der Waals surface area contributed by atoms with Crippen LogP contribution < -0.4 is 0 Å². The van der Waals surface area contributed by atoms with Gasteiger partial charge in [0.1, 0.15) is 17.2 Å². The molecule has 9 heteroatoms. The maximum absolute atomic E-state index is 13.4. The van der Waals surface area contributed by atoms with Gasteiger partial charge in [-0.25, -0.2) is 9.37 Å². The van der Waals surface area contributed by atoms with Crippen LogP contribution in [0.2, 0.25) is 0 Å². The van der Waals surface area contributed by atoms with Crippen molar-refractivity contribution >= 4 is 11.0 Å². The number of nitrogens with one attached hydrogen (secondary N) is 1. The highest BCUT2D eigenvalue weighted by Crippen LogP contribution is 2.41. The Morgan fingerprint density at radius 1 is 1.08 bits per heavy atom. The summed E-state index contributed by atoms with van der Waals surface area (Å²) in [5.41, 5.74) is 0.793. The molecule has 0 bridgehead atoms. The van der Waals surface area contributed by atoms with Crippen molar-refractivity contribution in [1.29, 1.82) is 0 Å². The molecule has 1 N–H and O–H groups in total. The van der Waals surface area contributed by atoms with Crippen molar-refractivity contribution in [2.24, 2.45) is 7.05 Å². The van der Waals surface area contributed by atoms with Crippen molar-refractivity contribution in [3.63, 3.8) is 0 Å². The number of pyridine rings is 2. The number of H-pyrrole nitrogens is 1. The molecule has 0 saturated heterocycles. The molecule has 0 radical (unpaired) electrons. The van der Waals surface area contributed by atoms with E-state index in [1.165, 1.54) is 29.1 Å². The van der Waals surface area contributed by atoms with Gasteiger partial charge in [-0.3, -0.25) is 9.67 Å². The van der Waals surface area contributed by atoms with E-state index in [-0.39, 0.29) is 11.0 Å². The Labute approximate surface area is 144 Å². The molecule has 0 spiro atoms. The fourth-order valence-electron chi connectivity index (χ4n) is 2.90. The first kappa shape index (κ1) is 16.2. The van der Waals surface area contributed by atoms with Crippen molar-refractivity contribution in [2.45, 2.75) is 6.18 Å². The number of aromatic amines is 1. The Morgan fingerprint density at radius 2 is 1.88 bits per heavy atom. The van der Waals surface area contributed by atoms with Crippen molar-refractivity contribution in [3.8, 4) is 22.5 Å². The molecule has 0 atom stereocenters. The van der Waals surface area contributed by atoms with Crippen LogP contribution in [0.25, 0.3) is 33.5 Å². The second-order valence-electron chi connectivity index (χ2n) is 5.71. The Kier molecular flexibility index (Phi) is 3.53. The van der Waals surface area contributed by atoms with Crippen molar-refractivity contribution < 1.29 is 17.6 Å². The summed E-state index contributed by atoms with van der Waals surface area (Å²) in [6.45, 7) is 0. The van der Waals surface area contributed by atoms with Gasteiger partial charge in [0.2, 0.25) is 0 Å². The van der Waals surface area contributed by atoms with Crippen LogP contribution in [0.3, 0.4) is 0 Å². The quantitative estimate of drug-likeness (QED) is 0.545. The monoisotopic (exact) mass is 361 g/mol. The minimum atomic E-state index is -4.54. The first-order chi connectivity index (χ1) is 12.3. The normalized spacial score (nSPS) is 12.0. The lowest BCUT2D eigenvalue weighted by Gasteiger charge is -2.08. The average Bonchev–Trinajstić information content (AvgIpc) is 3.18. The second kappa shape index (κ2) is 5.65. The fourth-order valence-corrected chi connectivity index (χ4v) is 2.90. The predicted octanol–water partition coefficient (Wildman–Crippen LogP) is 4.18. The van der Waals surface area contributed by atoms with Gasteiger partial charge in [-0.15, -0.1) is 0 Å². The van der Waals surface area contributed by atoms with E-state index < -0.39 is 17.6 Å². The standard InChI is InChI=1S/C17H11F4N5/c1-26-8-11(15(25-26)13-3-2-9(18)6-23-13)10-4-5-22-16-14(10)12(7-24-16)17(19,20)21/h2-8H,1H3,(H,22,24). The molecule has 4 heterocycles. The number of alkyl halides is 3. The Bertz CT molecular complexity index is 1090. The minimum absolute atomic E-state index is 0.0450. The second-order valence-corrected chi connectivity index (χ2v) is 5.71. The summed E-state index contributed by atoms with van der Waals surface area (Å²) in [6, 6.07) is 4.15. The number of aryl methyl sites for hydroxylation is 1. The van der Waals surface area contributed by atoms with Gasteiger partial charge >= 0.3 is 6.18 Å². The van der Waals surface area contributed by atoms with Gasteiger partial charge in [-0.1, -0.05) is 0 Å². The smallest absolute Gasteiger partial charge is 0.346 e. The van der Waals surface area contributed by atoms with E-state index in [1.807, 2.05) is 0 Å². The molecule has 4 aromatic heterocycles. The number of hydrogen-bond acceptors (Lipinski definition) is 3. The summed E-state index contributed by atoms with van der Waals surface area (Å²) >= 11 is 0. The molecule has 0 aromatic carbocycles. The van der Waals surface area contributed by atoms with Gasteiger partial charge in [0, 0.05) is 36.6 Å². The van der Waals surface area contributed by atoms with Crippen LogP contribution >= 0.6 is 0 Å². The van der Waals surface area contributed by atoms with Crippen molar-refractivity contribution in [2.75, 3.05) is 0 Å². The van der Waals surface area contributed by atoms with Gasteiger partial charge < -0.3 is 4.98 Å². The number of halogens is 4. The molecular formula is C17H11F4N5. The molecule has 0 amide bonds. The van der Waals surface area contributed by atoms with Crippen LogP contribution in [-0.4, -0.2) is 24.7 Å². The van der Waals surface area contributed by atoms with Crippen LogP contribution in [0.1, 0.15) is 5.56 Å². The SMILES string of the molecule is Cn1cc(-c2ccnc3[nH]cc(C(F)(F)F)c23)c(-c2ccc(F)cn2)n1. The lowest BCUT2D eigenvalue weighted by atomic mass is 10.0. The zero-order chi connectivity index (χ0) is 18.5. The lowest BCUT2D eigenvalue weighted by Crippen LogP contribution is -2.04. The van der Waals surface area contributed by atoms with E-state index in [2.05, 4.69) is 20.1 Å². The van der Waals surface area contributed by atoms with E-state index in [0.29, 0.717) is 22.5 Å². The minimum Gasteiger partial charge on any atom is -0.346 e. The van der Waals surface area contributed by atoms with Gasteiger partial charge in [0.25, 0.3) is 0 Å². The third-order valence-electron chi connectivity index (χ3n) is 3.97. The summed E-state index contributed by atoms with van der Waals surface area (Å²) in [5, 5.41) is 4.24. The van der Waals surface area contributed by atoms with Crippen molar-refractivity contribution in [1.82, 2.24) is 24.7 Å². The topological polar surface area (TPSA) is 59.4 Å². The van der Waals surface area contributed by atoms with Crippen LogP contribution in [0.5, 0.6) is 0 Å². The number of nitrogens with zero attached hydrogens (tertiary/aromatic N) is 4. The highest BCUT2D eigenvalue weighted by Gasteiger charge is 2.35. The third-order valence-corrected chi connectivity index (χ3v) is 3.97. The Morgan fingerprint density at radius 3 is 2.58 bits per heavy atom. The molecule has 132 valence electrons. The number of aromatic nitrogens is 5. The predicted molar refractivity (Wildman–Crippen MR) is 86.5 cm³/mol. The Hall–Kier alpha value is -3.23. The molecule has 4 rings (SSSR count). The van der Waals surface area contributed by atoms with E-state index in [0.717, 1.165) is 12.4 Å². The largest absolute Gasteiger partial charge is 0.418 e. The molecular weight excluding hydrogens is 350 g/mol. The first-order valence-corrected chi connectivity index (χ1v) is 7.54. The molecule has 0 aliphatic heterocycles. The van der Waals surface area contributed by atoms with Gasteiger partial charge in [0.15, 0.2) is 0 Å². The maximum atomic E-state index is 13.4. The summed E-state index contributed by atoms with van der Waals surface area (Å²) in [5.74, 6) is -0.512. The number of fused-ring (bicyclic) bond motifs is 1. The molecule has 4 aromatic rings. The molecule has 26 heavy (non-hydrogen) atoms. The summed E-state index contributed by atoms with van der Waals surface area (Å²) in [6.07, 6.45) is 0.415. The Balaban J connectivity index is 2.00. The highest BCUT2D eigenvalue weighted by molar-refractivity contribution is 5.98. The maximum Gasteiger partial charge on any atom is 0.418 e. The van der Waals surface area contributed by atoms with Crippen LogP contribution in [0.15, 0.2) is 43.0 Å². The summed E-state index contributed by atoms with van der Waals surface area (Å²) < 4.78 is 54.8. The zero-order valence-electron chi connectivity index (χ0n) is 13.3. The highest BCUT2D eigenvalue weighted by atomic mass is 19.4. The number of hydrogen-bond donors (Lipinski definition) is 1.